The average molecular weight is 186 g/mol. The fraction of sp³-hybridized carbons (Fsp3) is 0.500. The molecule has 1 rings (SSSR count). The first-order valence-electron chi connectivity index (χ1n) is 4.05. The molecule has 1 aromatic heterocycles. The molecular weight excluding hydrogens is 175 g/mol. The van der Waals surface area contributed by atoms with Crippen LogP contribution in [0.5, 0.6) is 0 Å². The summed E-state index contributed by atoms with van der Waals surface area (Å²) in [4.78, 5) is 10.3. The number of hydrogen-bond donors (Lipinski definition) is 1. The zero-order valence-corrected chi connectivity index (χ0v) is 7.27. The Kier molecular flexibility index (Phi) is 3.00. The van der Waals surface area contributed by atoms with E-state index < -0.39 is 12.1 Å². The van der Waals surface area contributed by atoms with Gasteiger partial charge in [0.2, 0.25) is 6.17 Å². The van der Waals surface area contributed by atoms with E-state index in [2.05, 4.69) is 5.10 Å². The Labute approximate surface area is 75.0 Å². The predicted octanol–water partition coefficient (Wildman–Crippen LogP) is 1.39. The Bertz CT molecular complexity index is 298. The van der Waals surface area contributed by atoms with Crippen molar-refractivity contribution in [3.8, 4) is 0 Å². The molecule has 0 aliphatic heterocycles. The van der Waals surface area contributed by atoms with Crippen LogP contribution < -0.4 is 0 Å². The van der Waals surface area contributed by atoms with Crippen LogP contribution in [0, 0.1) is 0 Å². The average Bonchev–Trinajstić information content (AvgIpc) is 2.52. The minimum absolute atomic E-state index is 0.106. The summed E-state index contributed by atoms with van der Waals surface area (Å²) in [6.45, 7) is 2.45. The Hall–Kier alpha value is -1.39. The monoisotopic (exact) mass is 186 g/mol. The van der Waals surface area contributed by atoms with Gasteiger partial charge in [-0.2, -0.15) is 5.10 Å². The topological polar surface area (TPSA) is 55.1 Å². The molecule has 0 aromatic carbocycles. The van der Waals surface area contributed by atoms with E-state index in [0.717, 1.165) is 6.42 Å². The number of carbonyl (C=O) groups is 1. The third-order valence-electron chi connectivity index (χ3n) is 1.66. The zero-order valence-electron chi connectivity index (χ0n) is 7.27. The van der Waals surface area contributed by atoms with Crippen molar-refractivity contribution in [2.24, 2.45) is 0 Å². The summed E-state index contributed by atoms with van der Waals surface area (Å²) in [5.74, 6) is -1.47. The first-order valence-corrected chi connectivity index (χ1v) is 4.05. The van der Waals surface area contributed by atoms with Crippen molar-refractivity contribution in [3.05, 3.63) is 18.0 Å². The van der Waals surface area contributed by atoms with E-state index in [1.165, 1.54) is 16.9 Å². The highest BCUT2D eigenvalue weighted by Gasteiger charge is 2.21. The van der Waals surface area contributed by atoms with E-state index in [-0.39, 0.29) is 5.69 Å². The number of aliphatic carboxylic acids is 1. The summed E-state index contributed by atoms with van der Waals surface area (Å²) in [5, 5.41) is 12.3. The molecule has 0 radical (unpaired) electrons. The molecule has 72 valence electrons. The van der Waals surface area contributed by atoms with Crippen LogP contribution in [0.1, 0.15) is 25.2 Å². The van der Waals surface area contributed by atoms with Crippen LogP contribution in [0.4, 0.5) is 4.39 Å². The maximum absolute atomic E-state index is 13.0. The number of rotatable bonds is 4. The number of aromatic nitrogens is 2. The molecule has 0 saturated heterocycles. The summed E-state index contributed by atoms with van der Waals surface area (Å²) in [6.07, 6.45) is 0.218. The van der Waals surface area contributed by atoms with Crippen molar-refractivity contribution in [2.75, 3.05) is 0 Å². The first-order chi connectivity index (χ1) is 6.16. The Morgan fingerprint density at radius 3 is 3.08 bits per heavy atom. The van der Waals surface area contributed by atoms with Crippen molar-refractivity contribution < 1.29 is 14.3 Å². The predicted molar refractivity (Wildman–Crippen MR) is 44.0 cm³/mol. The van der Waals surface area contributed by atoms with Gasteiger partial charge in [0.1, 0.15) is 0 Å². The van der Waals surface area contributed by atoms with Gasteiger partial charge in [-0.25, -0.2) is 9.18 Å². The maximum Gasteiger partial charge on any atom is 0.344 e. The molecule has 0 spiro atoms. The molecule has 0 fully saturated rings. The van der Waals surface area contributed by atoms with Gasteiger partial charge < -0.3 is 5.11 Å². The fourth-order valence-corrected chi connectivity index (χ4v) is 1.08. The van der Waals surface area contributed by atoms with E-state index >= 15 is 0 Å². The second-order valence-electron chi connectivity index (χ2n) is 2.68. The van der Waals surface area contributed by atoms with Crippen LogP contribution in [0.15, 0.2) is 12.3 Å². The van der Waals surface area contributed by atoms with E-state index in [1.54, 1.807) is 0 Å². The molecule has 1 aromatic rings. The molecule has 5 heteroatoms. The lowest BCUT2D eigenvalue weighted by Crippen LogP contribution is -2.13. The number of aryl methyl sites for hydroxylation is 1. The van der Waals surface area contributed by atoms with Gasteiger partial charge in [0.25, 0.3) is 0 Å². The highest BCUT2D eigenvalue weighted by Crippen LogP contribution is 2.16. The molecule has 1 unspecified atom stereocenters. The standard InChI is InChI=1S/C8H11FN2O2/c1-2-5-11-6(3-4-10-11)7(9)8(12)13/h3-4,7H,2,5H2,1H3,(H,12,13). The number of halogens is 1. The van der Waals surface area contributed by atoms with Gasteiger partial charge >= 0.3 is 5.97 Å². The lowest BCUT2D eigenvalue weighted by atomic mass is 10.3. The van der Waals surface area contributed by atoms with E-state index in [4.69, 9.17) is 5.11 Å². The number of nitrogens with zero attached hydrogens (tertiary/aromatic N) is 2. The summed E-state index contributed by atoms with van der Waals surface area (Å²) in [5.41, 5.74) is 0.106. The third kappa shape index (κ3) is 2.05. The lowest BCUT2D eigenvalue weighted by Gasteiger charge is -2.06. The summed E-state index contributed by atoms with van der Waals surface area (Å²) in [6, 6.07) is 1.38. The molecule has 4 nitrogen and oxygen atoms in total. The molecule has 0 aliphatic carbocycles. The van der Waals surface area contributed by atoms with Crippen LogP contribution in [0.2, 0.25) is 0 Å². The van der Waals surface area contributed by atoms with Crippen molar-refractivity contribution in [3.63, 3.8) is 0 Å². The van der Waals surface area contributed by atoms with Crippen LogP contribution in [-0.2, 0) is 11.3 Å². The van der Waals surface area contributed by atoms with Gasteiger partial charge in [-0.05, 0) is 12.5 Å². The largest absolute Gasteiger partial charge is 0.479 e. The zero-order chi connectivity index (χ0) is 9.84. The number of carboxylic acid groups (broad SMARTS) is 1. The molecule has 0 saturated carbocycles. The first kappa shape index (κ1) is 9.70. The molecule has 0 bridgehead atoms. The van der Waals surface area contributed by atoms with Gasteiger partial charge in [-0.15, -0.1) is 0 Å². The second kappa shape index (κ2) is 4.02. The summed E-state index contributed by atoms with van der Waals surface area (Å²) in [7, 11) is 0. The minimum atomic E-state index is -1.98. The Balaban J connectivity index is 2.86. The normalized spacial score (nSPS) is 12.8. The maximum atomic E-state index is 13.0. The molecule has 1 N–H and O–H groups in total. The van der Waals surface area contributed by atoms with Gasteiger partial charge in [-0.1, -0.05) is 6.92 Å². The van der Waals surface area contributed by atoms with Crippen molar-refractivity contribution >= 4 is 5.97 Å². The summed E-state index contributed by atoms with van der Waals surface area (Å²) < 4.78 is 14.4. The van der Waals surface area contributed by atoms with Crippen LogP contribution in [0.25, 0.3) is 0 Å². The number of hydrogen-bond acceptors (Lipinski definition) is 2. The van der Waals surface area contributed by atoms with Crippen LogP contribution >= 0.6 is 0 Å². The molecule has 1 atom stereocenters. The summed E-state index contributed by atoms with van der Waals surface area (Å²) >= 11 is 0. The van der Waals surface area contributed by atoms with Crippen molar-refractivity contribution in [1.82, 2.24) is 9.78 Å². The van der Waals surface area contributed by atoms with Crippen LogP contribution in [0.3, 0.4) is 0 Å². The fourth-order valence-electron chi connectivity index (χ4n) is 1.08. The minimum Gasteiger partial charge on any atom is -0.479 e. The van der Waals surface area contributed by atoms with Gasteiger partial charge in [0, 0.05) is 12.7 Å². The third-order valence-corrected chi connectivity index (χ3v) is 1.66. The van der Waals surface area contributed by atoms with E-state index in [1.807, 2.05) is 6.92 Å². The molecule has 1 heterocycles. The van der Waals surface area contributed by atoms with Crippen LogP contribution in [-0.4, -0.2) is 20.9 Å². The number of carboxylic acids is 1. The van der Waals surface area contributed by atoms with Gasteiger partial charge in [0.15, 0.2) is 0 Å². The Morgan fingerprint density at radius 1 is 1.85 bits per heavy atom. The van der Waals surface area contributed by atoms with E-state index in [0.29, 0.717) is 6.54 Å². The van der Waals surface area contributed by atoms with Gasteiger partial charge in [0.05, 0.1) is 5.69 Å². The van der Waals surface area contributed by atoms with Crippen molar-refractivity contribution in [2.45, 2.75) is 26.1 Å². The lowest BCUT2D eigenvalue weighted by molar-refractivity contribution is -0.143. The second-order valence-corrected chi connectivity index (χ2v) is 2.68. The molecule has 13 heavy (non-hydrogen) atoms. The molecule has 0 amide bonds. The highest BCUT2D eigenvalue weighted by atomic mass is 19.1. The van der Waals surface area contributed by atoms with E-state index in [9.17, 15) is 9.18 Å². The van der Waals surface area contributed by atoms with Crippen molar-refractivity contribution in [1.29, 1.82) is 0 Å². The molecular formula is C8H11FN2O2. The van der Waals surface area contributed by atoms with Gasteiger partial charge in [-0.3, -0.25) is 4.68 Å². The smallest absolute Gasteiger partial charge is 0.344 e. The number of alkyl halides is 1. The SMILES string of the molecule is CCCn1nccc1C(F)C(=O)O. The Morgan fingerprint density at radius 2 is 2.54 bits per heavy atom. The quantitative estimate of drug-likeness (QED) is 0.773. The molecule has 0 aliphatic rings. The highest BCUT2D eigenvalue weighted by molar-refractivity contribution is 5.73.